The normalized spacial score (nSPS) is 21.0. The van der Waals surface area contributed by atoms with Gasteiger partial charge in [0.05, 0.1) is 25.4 Å². The molecule has 1 N–H and O–H groups in total. The quantitative estimate of drug-likeness (QED) is 0.730. The van der Waals surface area contributed by atoms with Gasteiger partial charge in [0.2, 0.25) is 5.91 Å². The maximum atomic E-state index is 12.1. The summed E-state index contributed by atoms with van der Waals surface area (Å²) in [6.45, 7) is 6.54. The fourth-order valence-electron chi connectivity index (χ4n) is 2.42. The second-order valence-electron chi connectivity index (χ2n) is 5.95. The predicted octanol–water partition coefficient (Wildman–Crippen LogP) is 1.31. The van der Waals surface area contributed by atoms with Crippen LogP contribution in [-0.2, 0) is 20.8 Å². The third-order valence-electron chi connectivity index (χ3n) is 3.70. The highest BCUT2D eigenvalue weighted by molar-refractivity contribution is 5.76. The molecule has 0 aromatic carbocycles. The molecule has 2 rings (SSSR count). The zero-order chi connectivity index (χ0) is 16.5. The largest absolute Gasteiger partial charge is 0.379 e. The fraction of sp³-hybridized carbons (Fsp3) is 0.688. The Labute approximate surface area is 137 Å². The van der Waals surface area contributed by atoms with E-state index in [4.69, 9.17) is 9.47 Å². The summed E-state index contributed by atoms with van der Waals surface area (Å²) in [4.78, 5) is 16.0. The Morgan fingerprint density at radius 3 is 3.13 bits per heavy atom. The molecule has 2 atom stereocenters. The number of nitrogens with zero attached hydrogens (tertiary/aromatic N) is 3. The van der Waals surface area contributed by atoms with E-state index in [-0.39, 0.29) is 18.1 Å². The monoisotopic (exact) mass is 322 g/mol. The van der Waals surface area contributed by atoms with E-state index in [9.17, 15) is 4.79 Å². The number of rotatable bonds is 8. The molecule has 0 spiro atoms. The Morgan fingerprint density at radius 2 is 2.39 bits per heavy atom. The van der Waals surface area contributed by atoms with Crippen LogP contribution >= 0.6 is 0 Å². The van der Waals surface area contributed by atoms with Crippen LogP contribution in [0.4, 0.5) is 0 Å². The van der Waals surface area contributed by atoms with E-state index in [0.717, 1.165) is 12.8 Å². The maximum Gasteiger partial charge on any atom is 0.220 e. The Morgan fingerprint density at radius 1 is 1.52 bits per heavy atom. The molecule has 1 aromatic heterocycles. The summed E-state index contributed by atoms with van der Waals surface area (Å²) < 4.78 is 13.1. The number of ether oxygens (including phenoxy) is 2. The predicted molar refractivity (Wildman–Crippen MR) is 85.8 cm³/mol. The summed E-state index contributed by atoms with van der Waals surface area (Å²) in [6.07, 6.45) is 7.20. The van der Waals surface area contributed by atoms with Gasteiger partial charge in [0.1, 0.15) is 12.7 Å². The lowest BCUT2D eigenvalue weighted by molar-refractivity contribution is -0.125. The number of nitrogens with one attached hydrogen (secondary N) is 1. The number of amides is 1. The van der Waals surface area contributed by atoms with Crippen molar-refractivity contribution in [2.75, 3.05) is 19.8 Å². The van der Waals surface area contributed by atoms with Crippen LogP contribution in [0.25, 0.3) is 0 Å². The first kappa shape index (κ1) is 17.6. The number of aromatic nitrogens is 3. The molecule has 7 nitrogen and oxygen atoms in total. The zero-order valence-electron chi connectivity index (χ0n) is 13.9. The second-order valence-corrected chi connectivity index (χ2v) is 5.95. The first-order valence-corrected chi connectivity index (χ1v) is 8.09. The van der Waals surface area contributed by atoms with Crippen LogP contribution in [0.2, 0.25) is 0 Å². The lowest BCUT2D eigenvalue weighted by Gasteiger charge is -2.31. The number of allylic oxidation sites excluding steroid dienone is 1. The smallest absolute Gasteiger partial charge is 0.220 e. The zero-order valence-corrected chi connectivity index (χ0v) is 13.9. The molecule has 23 heavy (non-hydrogen) atoms. The van der Waals surface area contributed by atoms with Crippen LogP contribution in [0.15, 0.2) is 24.3 Å². The number of hydrogen-bond donors (Lipinski definition) is 1. The van der Waals surface area contributed by atoms with Crippen LogP contribution in [0, 0.1) is 0 Å². The summed E-state index contributed by atoms with van der Waals surface area (Å²) in [5.41, 5.74) is 1.23. The van der Waals surface area contributed by atoms with Crippen molar-refractivity contribution in [3.05, 3.63) is 24.3 Å². The molecule has 7 heteroatoms. The number of carbonyl (C=O) groups excluding carboxylic acids is 1. The van der Waals surface area contributed by atoms with Crippen molar-refractivity contribution in [2.24, 2.45) is 0 Å². The highest BCUT2D eigenvalue weighted by Crippen LogP contribution is 2.13. The molecule has 0 bridgehead atoms. The third kappa shape index (κ3) is 6.50. The van der Waals surface area contributed by atoms with Gasteiger partial charge in [0.15, 0.2) is 0 Å². The summed E-state index contributed by atoms with van der Waals surface area (Å²) in [7, 11) is 0. The minimum atomic E-state index is -0.0758. The van der Waals surface area contributed by atoms with Gasteiger partial charge in [0, 0.05) is 19.6 Å². The Kier molecular flexibility index (Phi) is 7.22. The molecule has 1 saturated heterocycles. The topological polar surface area (TPSA) is 78.3 Å². The Hall–Kier alpha value is -1.73. The molecule has 0 saturated carbocycles. The molecule has 1 amide bonds. The van der Waals surface area contributed by atoms with Crippen molar-refractivity contribution in [1.82, 2.24) is 20.1 Å². The van der Waals surface area contributed by atoms with Crippen molar-refractivity contribution in [3.8, 4) is 0 Å². The Balaban J connectivity index is 1.71. The highest BCUT2D eigenvalue weighted by atomic mass is 16.5. The van der Waals surface area contributed by atoms with Crippen molar-refractivity contribution < 1.29 is 14.3 Å². The van der Waals surface area contributed by atoms with Gasteiger partial charge in [0.25, 0.3) is 0 Å². The van der Waals surface area contributed by atoms with E-state index < -0.39 is 0 Å². The second kappa shape index (κ2) is 9.42. The van der Waals surface area contributed by atoms with Crippen LogP contribution in [0.5, 0.6) is 0 Å². The molecular weight excluding hydrogens is 296 g/mol. The molecule has 2 heterocycles. The molecule has 1 aliphatic rings. The van der Waals surface area contributed by atoms with E-state index in [1.54, 1.807) is 11.0 Å². The van der Waals surface area contributed by atoms with Crippen molar-refractivity contribution >= 4 is 5.91 Å². The fourth-order valence-corrected chi connectivity index (χ4v) is 2.42. The summed E-state index contributed by atoms with van der Waals surface area (Å²) in [5, 5.41) is 7.05. The van der Waals surface area contributed by atoms with Crippen LogP contribution in [0.3, 0.4) is 0 Å². The molecular formula is C16H26N4O3. The SMILES string of the molecule is CC(C)=CCO[C@H]1CCOC[C@H]1NC(=O)CCCn1cncn1. The first-order chi connectivity index (χ1) is 11.1. The van der Waals surface area contributed by atoms with Crippen molar-refractivity contribution in [1.29, 1.82) is 0 Å². The minimum Gasteiger partial charge on any atom is -0.379 e. The summed E-state index contributed by atoms with van der Waals surface area (Å²) in [5.74, 6) is 0.0245. The van der Waals surface area contributed by atoms with Crippen molar-refractivity contribution in [3.63, 3.8) is 0 Å². The van der Waals surface area contributed by atoms with Crippen LogP contribution in [0.1, 0.15) is 33.1 Å². The number of carbonyl (C=O) groups is 1. The van der Waals surface area contributed by atoms with Crippen molar-refractivity contribution in [2.45, 2.75) is 51.8 Å². The molecule has 0 aliphatic carbocycles. The first-order valence-electron chi connectivity index (χ1n) is 8.09. The number of hydrogen-bond acceptors (Lipinski definition) is 5. The van der Waals surface area contributed by atoms with Gasteiger partial charge in [-0.15, -0.1) is 0 Å². The van der Waals surface area contributed by atoms with E-state index >= 15 is 0 Å². The third-order valence-corrected chi connectivity index (χ3v) is 3.70. The van der Waals surface area contributed by atoms with Gasteiger partial charge >= 0.3 is 0 Å². The minimum absolute atomic E-state index is 0.0126. The average molecular weight is 322 g/mol. The summed E-state index contributed by atoms with van der Waals surface area (Å²) in [6, 6.07) is -0.0758. The van der Waals surface area contributed by atoms with Gasteiger partial charge < -0.3 is 14.8 Å². The van der Waals surface area contributed by atoms with Gasteiger partial charge in [-0.3, -0.25) is 9.48 Å². The van der Waals surface area contributed by atoms with E-state index in [2.05, 4.69) is 15.4 Å². The molecule has 1 aromatic rings. The average Bonchev–Trinajstić information content (AvgIpc) is 3.02. The Bertz CT molecular complexity index is 497. The standard InChI is InChI=1S/C16H26N4O3/c1-13(2)5-9-23-15-6-8-22-10-14(15)19-16(21)4-3-7-20-12-17-11-18-20/h5,11-12,14-15H,3-4,6-10H2,1-2H3,(H,19,21)/t14-,15+/m1/s1. The van der Waals surface area contributed by atoms with E-state index in [1.807, 2.05) is 19.9 Å². The molecule has 0 unspecified atom stereocenters. The lowest BCUT2D eigenvalue weighted by Crippen LogP contribution is -2.50. The van der Waals surface area contributed by atoms with Gasteiger partial charge in [-0.2, -0.15) is 5.10 Å². The summed E-state index contributed by atoms with van der Waals surface area (Å²) >= 11 is 0. The van der Waals surface area contributed by atoms with E-state index in [0.29, 0.717) is 32.8 Å². The van der Waals surface area contributed by atoms with Gasteiger partial charge in [-0.05, 0) is 26.7 Å². The molecule has 128 valence electrons. The molecule has 1 aliphatic heterocycles. The van der Waals surface area contributed by atoms with Crippen LogP contribution in [-0.4, -0.2) is 52.6 Å². The van der Waals surface area contributed by atoms with Gasteiger partial charge in [-0.25, -0.2) is 4.98 Å². The molecule has 1 fully saturated rings. The lowest BCUT2D eigenvalue weighted by atomic mass is 10.1. The molecule has 0 radical (unpaired) electrons. The van der Waals surface area contributed by atoms with Crippen LogP contribution < -0.4 is 5.32 Å². The number of aryl methyl sites for hydroxylation is 1. The van der Waals surface area contributed by atoms with E-state index in [1.165, 1.54) is 11.9 Å². The van der Waals surface area contributed by atoms with Gasteiger partial charge in [-0.1, -0.05) is 11.6 Å². The highest BCUT2D eigenvalue weighted by Gasteiger charge is 2.27. The maximum absolute atomic E-state index is 12.1.